The second-order valence-corrected chi connectivity index (χ2v) is 12.8. The van der Waals surface area contributed by atoms with Gasteiger partial charge in [-0.15, -0.1) is 6.58 Å². The lowest BCUT2D eigenvalue weighted by Gasteiger charge is -2.46. The van der Waals surface area contributed by atoms with Crippen LogP contribution in [0.3, 0.4) is 0 Å². The minimum Gasteiger partial charge on any atom is -0.468 e. The lowest BCUT2D eigenvalue weighted by Crippen LogP contribution is -2.52. The predicted molar refractivity (Wildman–Crippen MR) is 107 cm³/mol. The van der Waals surface area contributed by atoms with Crippen molar-refractivity contribution in [1.29, 1.82) is 0 Å². The Labute approximate surface area is 158 Å². The average Bonchev–Trinajstić information content (AvgIpc) is 2.97. The Hall–Kier alpha value is -1.88. The molecule has 1 amide bonds. The van der Waals surface area contributed by atoms with Crippen LogP contribution in [-0.2, 0) is 20.9 Å². The molecule has 1 aromatic rings. The maximum atomic E-state index is 13.3. The van der Waals surface area contributed by atoms with Crippen LogP contribution in [0, 0.1) is 5.92 Å². The fourth-order valence-electron chi connectivity index (χ4n) is 4.86. The Morgan fingerprint density at radius 1 is 1.27 bits per heavy atom. The molecular weight excluding hydrogens is 342 g/mol. The van der Waals surface area contributed by atoms with Crippen molar-refractivity contribution in [2.24, 2.45) is 5.92 Å². The summed E-state index contributed by atoms with van der Waals surface area (Å²) in [7, 11) is -0.588. The molecule has 0 bridgehead atoms. The summed E-state index contributed by atoms with van der Waals surface area (Å²) in [6, 6.07) is 13.0. The van der Waals surface area contributed by atoms with E-state index in [4.69, 9.17) is 4.74 Å². The number of benzene rings is 1. The Morgan fingerprint density at radius 3 is 2.31 bits per heavy atom. The quantitative estimate of drug-likeness (QED) is 0.296. The van der Waals surface area contributed by atoms with Gasteiger partial charge in [-0.1, -0.05) is 75.3 Å². The molecule has 0 N–H and O–H groups in total. The number of esters is 1. The van der Waals surface area contributed by atoms with Crippen molar-refractivity contribution in [1.82, 2.24) is 4.90 Å². The Balaban J connectivity index is 2.52. The van der Waals surface area contributed by atoms with Gasteiger partial charge in [0.2, 0.25) is 5.91 Å². The standard InChI is InChI=1S/C21H31NO3Si/c1-6-21(26(7-2,8-3)9-4)16-22(15-17-13-11-10-12-14-17)19(23)18(21)20(24)25-5/h6,10-14,18H,1,7-9,15-16H2,2-5H3. The second-order valence-electron chi connectivity index (χ2n) is 7.22. The molecule has 1 aromatic carbocycles. The van der Waals surface area contributed by atoms with Crippen molar-refractivity contribution in [3.63, 3.8) is 0 Å². The van der Waals surface area contributed by atoms with E-state index in [1.54, 1.807) is 0 Å². The van der Waals surface area contributed by atoms with Crippen LogP contribution in [0.25, 0.3) is 0 Å². The van der Waals surface area contributed by atoms with Gasteiger partial charge in [0, 0.05) is 18.1 Å². The van der Waals surface area contributed by atoms with Crippen LogP contribution in [0.5, 0.6) is 0 Å². The third-order valence-electron chi connectivity index (χ3n) is 6.56. The van der Waals surface area contributed by atoms with Gasteiger partial charge in [0.25, 0.3) is 0 Å². The number of ether oxygens (including phenoxy) is 1. The molecule has 1 aliphatic rings. The van der Waals surface area contributed by atoms with E-state index in [2.05, 4.69) is 27.4 Å². The van der Waals surface area contributed by atoms with Crippen LogP contribution in [0.15, 0.2) is 43.0 Å². The maximum Gasteiger partial charge on any atom is 0.318 e. The summed E-state index contributed by atoms with van der Waals surface area (Å²) in [6.07, 6.45) is 1.92. The summed E-state index contributed by atoms with van der Waals surface area (Å²) in [5.74, 6) is -1.30. The third-order valence-corrected chi connectivity index (χ3v) is 13.2. The van der Waals surface area contributed by atoms with E-state index in [1.165, 1.54) is 7.11 Å². The van der Waals surface area contributed by atoms with E-state index in [0.717, 1.165) is 23.7 Å². The number of likely N-dealkylation sites (tertiary alicyclic amines) is 1. The Bertz CT molecular complexity index is 648. The number of nitrogens with zero attached hydrogens (tertiary/aromatic N) is 1. The molecule has 2 unspecified atom stereocenters. The van der Waals surface area contributed by atoms with Crippen molar-refractivity contribution in [3.8, 4) is 0 Å². The molecule has 2 rings (SSSR count). The van der Waals surface area contributed by atoms with E-state index in [0.29, 0.717) is 13.1 Å². The van der Waals surface area contributed by atoms with Crippen LogP contribution in [-0.4, -0.2) is 38.5 Å². The summed E-state index contributed by atoms with van der Waals surface area (Å²) < 4.78 is 5.08. The van der Waals surface area contributed by atoms with Crippen LogP contribution in [0.1, 0.15) is 26.3 Å². The van der Waals surface area contributed by atoms with Gasteiger partial charge in [0.15, 0.2) is 0 Å². The molecule has 0 saturated carbocycles. The number of carbonyl (C=O) groups excluding carboxylic acids is 2. The molecule has 142 valence electrons. The Kier molecular flexibility index (Phi) is 6.45. The molecule has 1 aliphatic heterocycles. The van der Waals surface area contributed by atoms with Crippen LogP contribution in [0.2, 0.25) is 23.2 Å². The highest BCUT2D eigenvalue weighted by Crippen LogP contribution is 2.57. The van der Waals surface area contributed by atoms with Gasteiger partial charge in [-0.05, 0) is 5.56 Å². The summed E-state index contributed by atoms with van der Waals surface area (Å²) in [6.45, 7) is 11.8. The smallest absolute Gasteiger partial charge is 0.318 e. The third kappa shape index (κ3) is 3.13. The van der Waals surface area contributed by atoms with Gasteiger partial charge < -0.3 is 9.64 Å². The molecule has 4 nitrogen and oxygen atoms in total. The normalized spacial score (nSPS) is 23.2. The van der Waals surface area contributed by atoms with Gasteiger partial charge >= 0.3 is 5.97 Å². The molecule has 0 spiro atoms. The lowest BCUT2D eigenvalue weighted by atomic mass is 9.94. The molecule has 26 heavy (non-hydrogen) atoms. The highest BCUT2D eigenvalue weighted by Gasteiger charge is 2.63. The molecule has 5 heteroatoms. The monoisotopic (exact) mass is 373 g/mol. The average molecular weight is 374 g/mol. The maximum absolute atomic E-state index is 13.3. The predicted octanol–water partition coefficient (Wildman–Crippen LogP) is 4.25. The van der Waals surface area contributed by atoms with E-state index in [9.17, 15) is 9.59 Å². The van der Waals surface area contributed by atoms with Crippen molar-refractivity contribution < 1.29 is 14.3 Å². The van der Waals surface area contributed by atoms with Gasteiger partial charge in [0.05, 0.1) is 15.2 Å². The molecule has 0 aliphatic carbocycles. The zero-order valence-corrected chi connectivity index (χ0v) is 17.5. The number of rotatable bonds is 8. The van der Waals surface area contributed by atoms with E-state index in [1.807, 2.05) is 41.3 Å². The highest BCUT2D eigenvalue weighted by atomic mass is 28.3. The first-order valence-corrected chi connectivity index (χ1v) is 12.1. The number of amides is 1. The van der Waals surface area contributed by atoms with Crippen LogP contribution >= 0.6 is 0 Å². The minimum atomic E-state index is -1.96. The fourth-order valence-corrected chi connectivity index (χ4v) is 10.2. The Morgan fingerprint density at radius 2 is 1.85 bits per heavy atom. The zero-order valence-electron chi connectivity index (χ0n) is 16.5. The number of carbonyl (C=O) groups is 2. The van der Waals surface area contributed by atoms with Crippen molar-refractivity contribution in [2.75, 3.05) is 13.7 Å². The molecule has 1 heterocycles. The van der Waals surface area contributed by atoms with Crippen molar-refractivity contribution in [2.45, 2.75) is 50.5 Å². The largest absolute Gasteiger partial charge is 0.468 e. The first-order chi connectivity index (χ1) is 12.4. The van der Waals surface area contributed by atoms with Gasteiger partial charge in [-0.2, -0.15) is 0 Å². The molecule has 0 aromatic heterocycles. The first-order valence-electron chi connectivity index (χ1n) is 9.49. The first kappa shape index (κ1) is 20.4. The number of methoxy groups -OCH3 is 1. The van der Waals surface area contributed by atoms with Crippen LogP contribution < -0.4 is 0 Å². The van der Waals surface area contributed by atoms with Gasteiger partial charge in [0.1, 0.15) is 5.92 Å². The summed E-state index contributed by atoms with van der Waals surface area (Å²) in [5, 5.41) is -0.482. The number of hydrogen-bond acceptors (Lipinski definition) is 3. The SMILES string of the molecule is C=CC1([Si](CC)(CC)CC)CN(Cc2ccccc2)C(=O)C1C(=O)OC. The lowest BCUT2D eigenvalue weighted by molar-refractivity contribution is -0.151. The molecular formula is C21H31NO3Si. The molecule has 0 radical (unpaired) electrons. The van der Waals surface area contributed by atoms with Crippen molar-refractivity contribution >= 4 is 20.0 Å². The summed E-state index contributed by atoms with van der Waals surface area (Å²) >= 11 is 0. The van der Waals surface area contributed by atoms with Gasteiger partial charge in [-0.3, -0.25) is 9.59 Å². The molecule has 2 atom stereocenters. The minimum absolute atomic E-state index is 0.118. The van der Waals surface area contributed by atoms with Crippen LogP contribution in [0.4, 0.5) is 0 Å². The highest BCUT2D eigenvalue weighted by molar-refractivity contribution is 6.84. The summed E-state index contributed by atoms with van der Waals surface area (Å²) in [5.41, 5.74) is 1.07. The fraction of sp³-hybridized carbons (Fsp3) is 0.524. The number of hydrogen-bond donors (Lipinski definition) is 0. The topological polar surface area (TPSA) is 46.6 Å². The van der Waals surface area contributed by atoms with E-state index >= 15 is 0 Å². The van der Waals surface area contributed by atoms with E-state index < -0.39 is 25.0 Å². The molecule has 1 saturated heterocycles. The zero-order chi connectivity index (χ0) is 19.4. The van der Waals surface area contributed by atoms with E-state index in [-0.39, 0.29) is 5.91 Å². The molecule has 1 fully saturated rings. The summed E-state index contributed by atoms with van der Waals surface area (Å²) in [4.78, 5) is 27.8. The second kappa shape index (κ2) is 8.21. The van der Waals surface area contributed by atoms with Crippen molar-refractivity contribution in [3.05, 3.63) is 48.6 Å². The van der Waals surface area contributed by atoms with Gasteiger partial charge in [-0.25, -0.2) is 0 Å².